The zero-order valence-corrected chi connectivity index (χ0v) is 12.4. The molecule has 0 amide bonds. The van der Waals surface area contributed by atoms with E-state index in [-0.39, 0.29) is 6.04 Å². The van der Waals surface area contributed by atoms with Crippen molar-refractivity contribution in [1.29, 1.82) is 0 Å². The van der Waals surface area contributed by atoms with E-state index in [1.165, 1.54) is 21.4 Å². The predicted octanol–water partition coefficient (Wildman–Crippen LogP) is 3.70. The summed E-state index contributed by atoms with van der Waals surface area (Å²) >= 11 is 1.73. The summed E-state index contributed by atoms with van der Waals surface area (Å²) in [4.78, 5) is 8.82. The first-order valence-corrected chi connectivity index (χ1v) is 7.64. The summed E-state index contributed by atoms with van der Waals surface area (Å²) in [5.74, 6) is 0. The van der Waals surface area contributed by atoms with Gasteiger partial charge in [-0.3, -0.25) is 9.97 Å². The van der Waals surface area contributed by atoms with Crippen LogP contribution in [0.4, 0.5) is 0 Å². The van der Waals surface area contributed by atoms with Gasteiger partial charge in [0.1, 0.15) is 0 Å². The summed E-state index contributed by atoms with van der Waals surface area (Å²) in [5, 5.41) is 5.62. The molecule has 0 saturated carbocycles. The number of hydrogen-bond acceptors (Lipinski definition) is 4. The number of aromatic nitrogens is 2. The normalized spacial score (nSPS) is 12.7. The molecule has 3 aromatic rings. The van der Waals surface area contributed by atoms with Crippen molar-refractivity contribution in [2.45, 2.75) is 19.9 Å². The van der Waals surface area contributed by atoms with Crippen molar-refractivity contribution in [1.82, 2.24) is 15.3 Å². The first-order chi connectivity index (χ1) is 9.79. The van der Waals surface area contributed by atoms with Crippen LogP contribution in [0.2, 0.25) is 0 Å². The smallest absolute Gasteiger partial charge is 0.0809 e. The topological polar surface area (TPSA) is 37.8 Å². The van der Waals surface area contributed by atoms with Gasteiger partial charge in [0, 0.05) is 18.6 Å². The number of nitrogens with zero attached hydrogens (tertiary/aromatic N) is 2. The Bertz CT molecular complexity index is 720. The zero-order valence-electron chi connectivity index (χ0n) is 11.6. The van der Waals surface area contributed by atoms with Gasteiger partial charge in [-0.1, -0.05) is 6.92 Å². The molecule has 0 aliphatic carbocycles. The Labute approximate surface area is 122 Å². The van der Waals surface area contributed by atoms with Crippen molar-refractivity contribution < 1.29 is 0 Å². The third kappa shape index (κ3) is 2.44. The highest BCUT2D eigenvalue weighted by atomic mass is 32.1. The van der Waals surface area contributed by atoms with E-state index in [2.05, 4.69) is 52.7 Å². The van der Waals surface area contributed by atoms with Crippen molar-refractivity contribution in [2.24, 2.45) is 0 Å². The third-order valence-electron chi connectivity index (χ3n) is 3.46. The standard InChI is InChI=1S/C16H17N3S/c1-3-18-16(13-10-17-6-4-11(13)2)12-8-15-14(19-9-12)5-7-20-15/h4-10,16,18H,3H2,1-2H3. The molecule has 0 fully saturated rings. The summed E-state index contributed by atoms with van der Waals surface area (Å²) in [6.45, 7) is 5.15. The molecule has 1 unspecified atom stereocenters. The van der Waals surface area contributed by atoms with Crippen LogP contribution in [0.3, 0.4) is 0 Å². The highest BCUT2D eigenvalue weighted by Crippen LogP contribution is 2.27. The van der Waals surface area contributed by atoms with Crippen LogP contribution in [0.1, 0.15) is 29.7 Å². The van der Waals surface area contributed by atoms with Gasteiger partial charge in [-0.25, -0.2) is 0 Å². The molecule has 4 heteroatoms. The Balaban J connectivity index is 2.07. The average Bonchev–Trinajstić information content (AvgIpc) is 2.93. The minimum Gasteiger partial charge on any atom is -0.306 e. The minimum absolute atomic E-state index is 0.146. The summed E-state index contributed by atoms with van der Waals surface area (Å²) in [7, 11) is 0. The summed E-state index contributed by atoms with van der Waals surface area (Å²) in [6, 6.07) is 6.48. The molecule has 0 bridgehead atoms. The van der Waals surface area contributed by atoms with Crippen LogP contribution >= 0.6 is 11.3 Å². The van der Waals surface area contributed by atoms with Crippen LogP contribution in [-0.4, -0.2) is 16.5 Å². The van der Waals surface area contributed by atoms with Gasteiger partial charge < -0.3 is 5.32 Å². The minimum atomic E-state index is 0.146. The Hall–Kier alpha value is -1.78. The third-order valence-corrected chi connectivity index (χ3v) is 4.31. The lowest BCUT2D eigenvalue weighted by Crippen LogP contribution is -2.23. The number of rotatable bonds is 4. The molecule has 3 nitrogen and oxygen atoms in total. The van der Waals surface area contributed by atoms with E-state index in [9.17, 15) is 0 Å². The van der Waals surface area contributed by atoms with Crippen molar-refractivity contribution in [3.05, 3.63) is 58.9 Å². The zero-order chi connectivity index (χ0) is 13.9. The van der Waals surface area contributed by atoms with Gasteiger partial charge >= 0.3 is 0 Å². The predicted molar refractivity (Wildman–Crippen MR) is 84.1 cm³/mol. The molecule has 0 aliphatic rings. The average molecular weight is 283 g/mol. The number of fused-ring (bicyclic) bond motifs is 1. The SMILES string of the molecule is CCNC(c1cnc2ccsc2c1)c1cnccc1C. The first-order valence-electron chi connectivity index (χ1n) is 6.76. The van der Waals surface area contributed by atoms with Gasteiger partial charge in [-0.2, -0.15) is 0 Å². The van der Waals surface area contributed by atoms with Crippen molar-refractivity contribution in [2.75, 3.05) is 6.54 Å². The van der Waals surface area contributed by atoms with Crippen LogP contribution in [0, 0.1) is 6.92 Å². The van der Waals surface area contributed by atoms with Gasteiger partial charge in [0.25, 0.3) is 0 Å². The summed E-state index contributed by atoms with van der Waals surface area (Å²) < 4.78 is 1.23. The fraction of sp³-hybridized carbons (Fsp3) is 0.250. The molecule has 20 heavy (non-hydrogen) atoms. The Morgan fingerprint density at radius 3 is 3.00 bits per heavy atom. The van der Waals surface area contributed by atoms with Crippen LogP contribution in [0.5, 0.6) is 0 Å². The second-order valence-corrected chi connectivity index (χ2v) is 5.74. The van der Waals surface area contributed by atoms with E-state index in [4.69, 9.17) is 0 Å². The van der Waals surface area contributed by atoms with Crippen LogP contribution in [0.25, 0.3) is 10.2 Å². The molecule has 102 valence electrons. The van der Waals surface area contributed by atoms with Crippen molar-refractivity contribution in [3.63, 3.8) is 0 Å². The quantitative estimate of drug-likeness (QED) is 0.793. The van der Waals surface area contributed by atoms with E-state index in [0.717, 1.165) is 12.1 Å². The second-order valence-electron chi connectivity index (χ2n) is 4.80. The molecule has 3 heterocycles. The molecule has 0 spiro atoms. The van der Waals surface area contributed by atoms with Crippen LogP contribution < -0.4 is 5.32 Å². The maximum Gasteiger partial charge on any atom is 0.0809 e. The molecule has 0 radical (unpaired) electrons. The van der Waals surface area contributed by atoms with Gasteiger partial charge in [0.05, 0.1) is 16.3 Å². The van der Waals surface area contributed by atoms with E-state index in [0.29, 0.717) is 0 Å². The van der Waals surface area contributed by atoms with E-state index < -0.39 is 0 Å². The maximum atomic E-state index is 4.55. The van der Waals surface area contributed by atoms with Gasteiger partial charge in [-0.15, -0.1) is 11.3 Å². The second kappa shape index (κ2) is 5.69. The van der Waals surface area contributed by atoms with Crippen molar-refractivity contribution in [3.8, 4) is 0 Å². The van der Waals surface area contributed by atoms with Crippen LogP contribution in [-0.2, 0) is 0 Å². The molecule has 0 aromatic carbocycles. The lowest BCUT2D eigenvalue weighted by atomic mass is 9.98. The highest BCUT2D eigenvalue weighted by Gasteiger charge is 2.16. The molecule has 1 N–H and O–H groups in total. The molecule has 1 atom stereocenters. The highest BCUT2D eigenvalue weighted by molar-refractivity contribution is 7.17. The molecule has 3 aromatic heterocycles. The Morgan fingerprint density at radius 1 is 1.30 bits per heavy atom. The van der Waals surface area contributed by atoms with Gasteiger partial charge in [0.2, 0.25) is 0 Å². The van der Waals surface area contributed by atoms with Crippen molar-refractivity contribution >= 4 is 21.6 Å². The van der Waals surface area contributed by atoms with Gasteiger partial charge in [-0.05, 0) is 53.7 Å². The van der Waals surface area contributed by atoms with E-state index in [1.807, 2.05) is 18.6 Å². The molecule has 0 aliphatic heterocycles. The summed E-state index contributed by atoms with van der Waals surface area (Å²) in [5.41, 5.74) is 4.72. The lowest BCUT2D eigenvalue weighted by Gasteiger charge is -2.20. The Kier molecular flexibility index (Phi) is 3.76. The number of pyridine rings is 2. The number of nitrogens with one attached hydrogen (secondary N) is 1. The van der Waals surface area contributed by atoms with E-state index in [1.54, 1.807) is 11.3 Å². The number of hydrogen-bond donors (Lipinski definition) is 1. The van der Waals surface area contributed by atoms with Crippen LogP contribution in [0.15, 0.2) is 42.2 Å². The molecular formula is C16H17N3S. The summed E-state index contributed by atoms with van der Waals surface area (Å²) in [6.07, 6.45) is 5.75. The maximum absolute atomic E-state index is 4.55. The first kappa shape index (κ1) is 13.2. The van der Waals surface area contributed by atoms with Gasteiger partial charge in [0.15, 0.2) is 0 Å². The largest absolute Gasteiger partial charge is 0.306 e. The van der Waals surface area contributed by atoms with E-state index >= 15 is 0 Å². The molecule has 0 saturated heterocycles. The molecular weight excluding hydrogens is 266 g/mol. The molecule has 3 rings (SSSR count). The fourth-order valence-corrected chi connectivity index (χ4v) is 3.20. The number of aryl methyl sites for hydroxylation is 1. The number of thiophene rings is 1. The lowest BCUT2D eigenvalue weighted by molar-refractivity contribution is 0.624. The monoisotopic (exact) mass is 283 g/mol. The fourth-order valence-electron chi connectivity index (χ4n) is 2.41. The Morgan fingerprint density at radius 2 is 2.20 bits per heavy atom.